The molecule has 0 aromatic carbocycles. The molecule has 2 aromatic heterocycles. The van der Waals surface area contributed by atoms with E-state index in [-0.39, 0.29) is 5.78 Å². The zero-order valence-electron chi connectivity index (χ0n) is 13.0. The molecule has 112 valence electrons. The Bertz CT molecular complexity index is 725. The second-order valence-corrected chi connectivity index (χ2v) is 5.56. The summed E-state index contributed by atoms with van der Waals surface area (Å²) in [4.78, 5) is 15.3. The van der Waals surface area contributed by atoms with Gasteiger partial charge < -0.3 is 0 Å². The van der Waals surface area contributed by atoms with Crippen LogP contribution in [0.5, 0.6) is 0 Å². The summed E-state index contributed by atoms with van der Waals surface area (Å²) in [5, 5.41) is 6.08. The van der Waals surface area contributed by atoms with Crippen LogP contribution in [0.1, 0.15) is 35.8 Å². The largest absolute Gasteiger partial charge is 0.292 e. The first-order valence-corrected chi connectivity index (χ1v) is 7.58. The molecule has 0 bridgehead atoms. The van der Waals surface area contributed by atoms with E-state index in [4.69, 9.17) is 0 Å². The number of hydrogen-bond donors (Lipinski definition) is 0. The number of thiazole rings is 1. The molecule has 5 heteroatoms. The van der Waals surface area contributed by atoms with Crippen molar-refractivity contribution >= 4 is 29.3 Å². The third kappa shape index (κ3) is 5.11. The van der Waals surface area contributed by atoms with Crippen LogP contribution in [0.15, 0.2) is 24.9 Å². The first kappa shape index (κ1) is 17.0. The predicted octanol–water partition coefficient (Wildman–Crippen LogP) is 2.23. The van der Waals surface area contributed by atoms with Gasteiger partial charge in [0.1, 0.15) is 5.69 Å². The predicted molar refractivity (Wildman–Crippen MR) is 88.7 cm³/mol. The first-order chi connectivity index (χ1) is 10.0. The van der Waals surface area contributed by atoms with Crippen molar-refractivity contribution in [3.63, 3.8) is 0 Å². The van der Waals surface area contributed by atoms with Crippen LogP contribution in [-0.2, 0) is 7.05 Å². The van der Waals surface area contributed by atoms with Gasteiger partial charge in [-0.3, -0.25) is 9.48 Å². The highest BCUT2D eigenvalue weighted by molar-refractivity contribution is 7.09. The van der Waals surface area contributed by atoms with E-state index in [1.807, 2.05) is 26.8 Å². The average Bonchev–Trinajstić information content (AvgIpc) is 3.05. The summed E-state index contributed by atoms with van der Waals surface area (Å²) in [5.74, 6) is 0.0978. The third-order valence-electron chi connectivity index (χ3n) is 2.65. The molecule has 0 unspecified atom stereocenters. The molecule has 2 rings (SSSR count). The molecule has 0 saturated carbocycles. The van der Waals surface area contributed by atoms with Crippen LogP contribution in [0.3, 0.4) is 0 Å². The van der Waals surface area contributed by atoms with Gasteiger partial charge in [-0.2, -0.15) is 5.10 Å². The number of nitrogens with zero attached hydrogens (tertiary/aromatic N) is 3. The lowest BCUT2D eigenvalue weighted by atomic mass is 10.2. The van der Waals surface area contributed by atoms with Crippen molar-refractivity contribution < 1.29 is 4.79 Å². The van der Waals surface area contributed by atoms with Crippen LogP contribution >= 0.6 is 11.3 Å². The maximum absolute atomic E-state index is 11.0. The number of allylic oxidation sites excluding steroid dienone is 1. The number of rotatable bonds is 3. The molecule has 0 radical (unpaired) electrons. The second kappa shape index (κ2) is 8.32. The molecule has 0 aliphatic rings. The van der Waals surface area contributed by atoms with E-state index in [2.05, 4.69) is 22.7 Å². The van der Waals surface area contributed by atoms with Gasteiger partial charge in [-0.25, -0.2) is 4.98 Å². The molecule has 0 spiro atoms. The standard InChI is InChI=1S/C9H11NS.C7H10N2O/c1-4-6-8-9(5-2)11-7(3)10-8;1-3-7(10)6-4-5-9(2)8-6/h4-6H,1H2,2-3H3;4-5H,3H2,1-2H3/b8-6+,9-5+;. The molecule has 0 amide bonds. The molecular formula is C16H21N3OS. The molecule has 0 saturated heterocycles. The zero-order valence-corrected chi connectivity index (χ0v) is 13.8. The van der Waals surface area contributed by atoms with Crippen molar-refractivity contribution in [1.29, 1.82) is 0 Å². The number of ketones is 1. The fourth-order valence-electron chi connectivity index (χ4n) is 1.64. The fourth-order valence-corrected chi connectivity index (χ4v) is 2.44. The van der Waals surface area contributed by atoms with Crippen LogP contribution in [0.25, 0.3) is 12.2 Å². The average molecular weight is 303 g/mol. The van der Waals surface area contributed by atoms with Crippen molar-refractivity contribution in [3.8, 4) is 0 Å². The normalized spacial score (nSPS) is 12.0. The highest BCUT2D eigenvalue weighted by Crippen LogP contribution is 1.97. The van der Waals surface area contributed by atoms with Crippen LogP contribution < -0.4 is 9.88 Å². The summed E-state index contributed by atoms with van der Waals surface area (Å²) in [6.45, 7) is 9.50. The van der Waals surface area contributed by atoms with Gasteiger partial charge in [0.15, 0.2) is 5.78 Å². The van der Waals surface area contributed by atoms with E-state index < -0.39 is 0 Å². The fraction of sp³-hybridized carbons (Fsp3) is 0.312. The number of hydrogen-bond acceptors (Lipinski definition) is 4. The summed E-state index contributed by atoms with van der Waals surface area (Å²) in [6.07, 6.45) is 8.06. The minimum Gasteiger partial charge on any atom is -0.292 e. The molecule has 0 aliphatic carbocycles. The van der Waals surface area contributed by atoms with Gasteiger partial charge in [0, 0.05) is 19.7 Å². The van der Waals surface area contributed by atoms with E-state index in [9.17, 15) is 4.79 Å². The van der Waals surface area contributed by atoms with Crippen molar-refractivity contribution in [2.45, 2.75) is 27.2 Å². The maximum atomic E-state index is 11.0. The summed E-state index contributed by atoms with van der Waals surface area (Å²) in [7, 11) is 1.80. The van der Waals surface area contributed by atoms with E-state index in [0.717, 1.165) is 10.4 Å². The van der Waals surface area contributed by atoms with Crippen LogP contribution in [0.4, 0.5) is 0 Å². The van der Waals surface area contributed by atoms with Crippen molar-refractivity contribution in [1.82, 2.24) is 14.8 Å². The molecular weight excluding hydrogens is 282 g/mol. The Hall–Kier alpha value is -2.01. The number of aryl methyl sites for hydroxylation is 2. The molecule has 4 nitrogen and oxygen atoms in total. The lowest BCUT2D eigenvalue weighted by Gasteiger charge is -1.87. The van der Waals surface area contributed by atoms with Gasteiger partial charge in [0.2, 0.25) is 0 Å². The molecule has 0 aliphatic heterocycles. The number of carbonyl (C=O) groups excluding carboxylic acids is 1. The summed E-state index contributed by atoms with van der Waals surface area (Å²) in [6, 6.07) is 1.73. The lowest BCUT2D eigenvalue weighted by molar-refractivity contribution is 0.0982. The van der Waals surface area contributed by atoms with Gasteiger partial charge in [0.25, 0.3) is 0 Å². The number of Topliss-reactive ketones (excluding diaryl/α,β-unsaturated/α-hetero) is 1. The summed E-state index contributed by atoms with van der Waals surface area (Å²) < 4.78 is 2.85. The highest BCUT2D eigenvalue weighted by Gasteiger charge is 2.04. The Kier molecular flexibility index (Phi) is 6.75. The van der Waals surface area contributed by atoms with Gasteiger partial charge >= 0.3 is 0 Å². The molecule has 2 aromatic rings. The molecule has 2 heterocycles. The Morgan fingerprint density at radius 1 is 1.52 bits per heavy atom. The van der Waals surface area contributed by atoms with E-state index in [1.54, 1.807) is 41.4 Å². The minimum absolute atomic E-state index is 0.0978. The molecule has 0 fully saturated rings. The third-order valence-corrected chi connectivity index (χ3v) is 3.70. The Morgan fingerprint density at radius 3 is 2.71 bits per heavy atom. The van der Waals surface area contributed by atoms with Gasteiger partial charge in [0.05, 0.1) is 14.9 Å². The molecule has 21 heavy (non-hydrogen) atoms. The van der Waals surface area contributed by atoms with E-state index in [1.165, 1.54) is 4.53 Å². The van der Waals surface area contributed by atoms with Gasteiger partial charge in [-0.1, -0.05) is 25.7 Å². The highest BCUT2D eigenvalue weighted by atomic mass is 32.1. The maximum Gasteiger partial charge on any atom is 0.182 e. The molecule has 0 atom stereocenters. The quantitative estimate of drug-likeness (QED) is 0.817. The second-order valence-electron chi connectivity index (χ2n) is 4.32. The smallest absolute Gasteiger partial charge is 0.182 e. The summed E-state index contributed by atoms with van der Waals surface area (Å²) >= 11 is 1.71. The molecule has 0 N–H and O–H groups in total. The van der Waals surface area contributed by atoms with Crippen LogP contribution in [0.2, 0.25) is 0 Å². The SMILES string of the molecule is C=C/C=c1/nc(C)s/c1=C/C.CCC(=O)c1ccn(C)n1. The first-order valence-electron chi connectivity index (χ1n) is 6.77. The lowest BCUT2D eigenvalue weighted by Crippen LogP contribution is -2.19. The van der Waals surface area contributed by atoms with Crippen molar-refractivity contribution in [2.75, 3.05) is 0 Å². The minimum atomic E-state index is 0.0978. The van der Waals surface area contributed by atoms with Crippen molar-refractivity contribution in [2.24, 2.45) is 7.05 Å². The topological polar surface area (TPSA) is 47.8 Å². The van der Waals surface area contributed by atoms with Gasteiger partial charge in [-0.15, -0.1) is 11.3 Å². The Labute approximate surface area is 129 Å². The van der Waals surface area contributed by atoms with Crippen molar-refractivity contribution in [3.05, 3.63) is 45.5 Å². The van der Waals surface area contributed by atoms with Crippen LogP contribution in [-0.4, -0.2) is 20.5 Å². The van der Waals surface area contributed by atoms with Gasteiger partial charge in [-0.05, 0) is 26.0 Å². The van der Waals surface area contributed by atoms with E-state index >= 15 is 0 Å². The Balaban J connectivity index is 0.000000211. The zero-order chi connectivity index (χ0) is 15.8. The monoisotopic (exact) mass is 303 g/mol. The Morgan fingerprint density at radius 2 is 2.24 bits per heavy atom. The number of carbonyl (C=O) groups is 1. The van der Waals surface area contributed by atoms with Crippen LogP contribution in [0, 0.1) is 6.92 Å². The van der Waals surface area contributed by atoms with E-state index in [0.29, 0.717) is 12.1 Å². The number of aromatic nitrogens is 3. The summed E-state index contributed by atoms with van der Waals surface area (Å²) in [5.41, 5.74) is 0.560.